The predicted octanol–water partition coefficient (Wildman–Crippen LogP) is 2.46. The minimum atomic E-state index is 0.529. The van der Waals surface area contributed by atoms with Gasteiger partial charge < -0.3 is 9.72 Å². The number of hydrogen-bond acceptors (Lipinski definition) is 3. The first-order chi connectivity index (χ1) is 9.86. The largest absolute Gasteiger partial charge is 0.312 e. The molecule has 0 atom stereocenters. The number of pyridine rings is 1. The molecule has 1 aliphatic carbocycles. The predicted molar refractivity (Wildman–Crippen MR) is 76.3 cm³/mol. The molecule has 0 unspecified atom stereocenters. The van der Waals surface area contributed by atoms with Crippen LogP contribution in [0.1, 0.15) is 19.3 Å². The van der Waals surface area contributed by atoms with E-state index in [-0.39, 0.29) is 0 Å². The standard InChI is InChI=1S/C11H9N5O.C3H6/c17-7-12-10-6-16-5-8(1-2-11(16)14-10)9-3-4-13-15-9;1-2-3-1/h1-7H,(H,12,17)(H,13,15);1-3H2. The number of aromatic nitrogens is 4. The molecule has 3 aromatic heterocycles. The monoisotopic (exact) mass is 269 g/mol. The van der Waals surface area contributed by atoms with Gasteiger partial charge in [0.05, 0.1) is 11.9 Å². The van der Waals surface area contributed by atoms with Crippen molar-refractivity contribution in [2.45, 2.75) is 19.3 Å². The van der Waals surface area contributed by atoms with Crippen molar-refractivity contribution in [2.75, 3.05) is 5.32 Å². The van der Waals surface area contributed by atoms with Crippen molar-refractivity contribution in [1.29, 1.82) is 0 Å². The van der Waals surface area contributed by atoms with E-state index in [0.717, 1.165) is 16.9 Å². The second-order valence-electron chi connectivity index (χ2n) is 4.60. The quantitative estimate of drug-likeness (QED) is 0.717. The first kappa shape index (κ1) is 12.4. The van der Waals surface area contributed by atoms with E-state index in [1.54, 1.807) is 12.4 Å². The number of imidazole rings is 1. The molecule has 0 aliphatic heterocycles. The van der Waals surface area contributed by atoms with Crippen molar-refractivity contribution in [1.82, 2.24) is 19.6 Å². The van der Waals surface area contributed by atoms with Gasteiger partial charge in [-0.3, -0.25) is 9.89 Å². The van der Waals surface area contributed by atoms with Crippen molar-refractivity contribution < 1.29 is 4.79 Å². The van der Waals surface area contributed by atoms with Crippen LogP contribution in [-0.4, -0.2) is 26.0 Å². The highest BCUT2D eigenvalue weighted by atomic mass is 16.1. The zero-order chi connectivity index (χ0) is 13.8. The number of hydrogen-bond donors (Lipinski definition) is 2. The summed E-state index contributed by atoms with van der Waals surface area (Å²) in [4.78, 5) is 14.6. The van der Waals surface area contributed by atoms with Gasteiger partial charge in [-0.1, -0.05) is 19.3 Å². The average molecular weight is 269 g/mol. The second kappa shape index (κ2) is 5.56. The van der Waals surface area contributed by atoms with Crippen LogP contribution in [0.15, 0.2) is 36.8 Å². The highest BCUT2D eigenvalue weighted by Gasteiger charge is 2.03. The van der Waals surface area contributed by atoms with Crippen molar-refractivity contribution in [3.63, 3.8) is 0 Å². The fourth-order valence-corrected chi connectivity index (χ4v) is 1.70. The first-order valence-electron chi connectivity index (χ1n) is 6.55. The van der Waals surface area contributed by atoms with E-state index in [9.17, 15) is 4.79 Å². The van der Waals surface area contributed by atoms with Gasteiger partial charge in [0.2, 0.25) is 6.41 Å². The van der Waals surface area contributed by atoms with Crippen LogP contribution in [0.4, 0.5) is 5.82 Å². The molecule has 2 N–H and O–H groups in total. The van der Waals surface area contributed by atoms with Gasteiger partial charge in [0.25, 0.3) is 0 Å². The first-order valence-corrected chi connectivity index (χ1v) is 6.55. The molecule has 1 amide bonds. The number of nitrogens with zero attached hydrogens (tertiary/aromatic N) is 3. The third kappa shape index (κ3) is 2.85. The van der Waals surface area contributed by atoms with E-state index >= 15 is 0 Å². The van der Waals surface area contributed by atoms with E-state index < -0.39 is 0 Å². The van der Waals surface area contributed by atoms with Crippen LogP contribution in [0, 0.1) is 0 Å². The number of H-pyrrole nitrogens is 1. The molecular formula is C14H15N5O. The lowest BCUT2D eigenvalue weighted by Gasteiger charge is -1.98. The molecule has 102 valence electrons. The summed E-state index contributed by atoms with van der Waals surface area (Å²) in [6, 6.07) is 5.72. The number of rotatable bonds is 3. The summed E-state index contributed by atoms with van der Waals surface area (Å²) in [6.07, 6.45) is 10.5. The molecule has 1 saturated carbocycles. The fraction of sp³-hybridized carbons (Fsp3) is 0.214. The van der Waals surface area contributed by atoms with E-state index in [2.05, 4.69) is 20.5 Å². The zero-order valence-corrected chi connectivity index (χ0v) is 10.9. The van der Waals surface area contributed by atoms with Crippen LogP contribution in [0.2, 0.25) is 0 Å². The Bertz CT molecular complexity index is 697. The number of anilines is 1. The maximum absolute atomic E-state index is 10.3. The normalized spacial score (nSPS) is 12.6. The lowest BCUT2D eigenvalue weighted by molar-refractivity contribution is -0.105. The Labute approximate surface area is 115 Å². The minimum Gasteiger partial charge on any atom is -0.312 e. The molecule has 6 nitrogen and oxygen atoms in total. The van der Waals surface area contributed by atoms with E-state index in [1.165, 1.54) is 19.3 Å². The van der Waals surface area contributed by atoms with Crippen LogP contribution in [0.25, 0.3) is 16.9 Å². The lowest BCUT2D eigenvalue weighted by atomic mass is 10.2. The van der Waals surface area contributed by atoms with Gasteiger partial charge in [-0.15, -0.1) is 0 Å². The Morgan fingerprint density at radius 2 is 2.05 bits per heavy atom. The summed E-state index contributed by atoms with van der Waals surface area (Å²) < 4.78 is 1.85. The van der Waals surface area contributed by atoms with Crippen LogP contribution >= 0.6 is 0 Å². The smallest absolute Gasteiger partial charge is 0.212 e. The molecule has 0 bridgehead atoms. The average Bonchev–Trinajstić information content (AvgIpc) is 3.13. The zero-order valence-electron chi connectivity index (χ0n) is 10.9. The molecule has 3 heterocycles. The number of aromatic amines is 1. The molecule has 20 heavy (non-hydrogen) atoms. The SMILES string of the molecule is C1CC1.O=CNc1cn2cc(-c3ccn[nH]3)ccc2n1. The van der Waals surface area contributed by atoms with Gasteiger partial charge in [0.15, 0.2) is 5.82 Å². The lowest BCUT2D eigenvalue weighted by Crippen LogP contribution is -1.92. The second-order valence-corrected chi connectivity index (χ2v) is 4.60. The molecule has 4 rings (SSSR count). The highest BCUT2D eigenvalue weighted by Crippen LogP contribution is 2.18. The Morgan fingerprint density at radius 1 is 1.20 bits per heavy atom. The summed E-state index contributed by atoms with van der Waals surface area (Å²) in [5.41, 5.74) is 2.72. The summed E-state index contributed by atoms with van der Waals surface area (Å²) in [6.45, 7) is 0. The molecule has 0 saturated heterocycles. The molecule has 0 aromatic carbocycles. The summed E-state index contributed by atoms with van der Waals surface area (Å²) in [5, 5.41) is 9.32. The summed E-state index contributed by atoms with van der Waals surface area (Å²) in [7, 11) is 0. The maximum Gasteiger partial charge on any atom is 0.212 e. The van der Waals surface area contributed by atoms with Gasteiger partial charge in [-0.25, -0.2) is 4.98 Å². The third-order valence-corrected chi connectivity index (χ3v) is 2.82. The number of fused-ring (bicyclic) bond motifs is 1. The maximum atomic E-state index is 10.3. The van der Waals surface area contributed by atoms with Crippen molar-refractivity contribution in [3.05, 3.63) is 36.8 Å². The Morgan fingerprint density at radius 3 is 2.70 bits per heavy atom. The highest BCUT2D eigenvalue weighted by molar-refractivity contribution is 5.70. The van der Waals surface area contributed by atoms with Crippen LogP contribution in [0.5, 0.6) is 0 Å². The van der Waals surface area contributed by atoms with Gasteiger partial charge in [-0.2, -0.15) is 5.10 Å². The van der Waals surface area contributed by atoms with Gasteiger partial charge in [-0.05, 0) is 18.2 Å². The Kier molecular flexibility index (Phi) is 3.45. The molecular weight excluding hydrogens is 254 g/mol. The molecule has 6 heteroatoms. The molecule has 1 fully saturated rings. The van der Waals surface area contributed by atoms with Crippen molar-refractivity contribution >= 4 is 17.9 Å². The van der Waals surface area contributed by atoms with Crippen LogP contribution in [-0.2, 0) is 4.79 Å². The number of nitrogens with one attached hydrogen (secondary N) is 2. The molecule has 0 spiro atoms. The van der Waals surface area contributed by atoms with E-state index in [1.807, 2.05) is 28.8 Å². The van der Waals surface area contributed by atoms with Gasteiger partial charge >= 0.3 is 0 Å². The molecule has 3 aromatic rings. The van der Waals surface area contributed by atoms with Gasteiger partial charge in [0, 0.05) is 18.0 Å². The van der Waals surface area contributed by atoms with Crippen LogP contribution in [0.3, 0.4) is 0 Å². The molecule has 1 aliphatic rings. The van der Waals surface area contributed by atoms with E-state index in [4.69, 9.17) is 0 Å². The topological polar surface area (TPSA) is 75.1 Å². The Balaban J connectivity index is 0.000000358. The number of amides is 1. The van der Waals surface area contributed by atoms with Crippen LogP contribution < -0.4 is 5.32 Å². The number of carbonyl (C=O) groups excluding carboxylic acids is 1. The summed E-state index contributed by atoms with van der Waals surface area (Å²) in [5.74, 6) is 0.529. The summed E-state index contributed by atoms with van der Waals surface area (Å²) >= 11 is 0. The van der Waals surface area contributed by atoms with E-state index in [0.29, 0.717) is 12.2 Å². The fourth-order valence-electron chi connectivity index (χ4n) is 1.70. The number of carbonyl (C=O) groups is 1. The van der Waals surface area contributed by atoms with Crippen molar-refractivity contribution in [2.24, 2.45) is 0 Å². The Hall–Kier alpha value is -2.63. The minimum absolute atomic E-state index is 0.529. The molecule has 0 radical (unpaired) electrons. The van der Waals surface area contributed by atoms with Crippen molar-refractivity contribution in [3.8, 4) is 11.3 Å². The third-order valence-electron chi connectivity index (χ3n) is 2.82. The van der Waals surface area contributed by atoms with Gasteiger partial charge in [0.1, 0.15) is 5.65 Å².